The number of aromatic nitrogens is 2. The summed E-state index contributed by atoms with van der Waals surface area (Å²) >= 11 is 5.99. The number of aryl methyl sites for hydroxylation is 2. The Hall–Kier alpha value is -2.01. The summed E-state index contributed by atoms with van der Waals surface area (Å²) in [6.45, 7) is 2.49. The van der Waals surface area contributed by atoms with Gasteiger partial charge < -0.3 is 15.6 Å². The molecule has 0 radical (unpaired) electrons. The number of nitrogens with zero attached hydrogens (tertiary/aromatic N) is 2. The Labute approximate surface area is 116 Å². The molecule has 5 nitrogen and oxygen atoms in total. The third-order valence-corrected chi connectivity index (χ3v) is 3.08. The zero-order valence-corrected chi connectivity index (χ0v) is 11.3. The smallest absolute Gasteiger partial charge is 0.226 e. The first-order chi connectivity index (χ1) is 9.06. The predicted molar refractivity (Wildman–Crippen MR) is 76.1 cm³/mol. The lowest BCUT2D eigenvalue weighted by atomic mass is 10.2. The van der Waals surface area contributed by atoms with Crippen LogP contribution in [0.2, 0.25) is 5.02 Å². The molecule has 1 aromatic carbocycles. The highest BCUT2D eigenvalue weighted by Crippen LogP contribution is 2.24. The first-order valence-corrected chi connectivity index (χ1v) is 6.26. The quantitative estimate of drug-likeness (QED) is 0.844. The van der Waals surface area contributed by atoms with Crippen molar-refractivity contribution < 1.29 is 4.79 Å². The van der Waals surface area contributed by atoms with Gasteiger partial charge >= 0.3 is 0 Å². The van der Waals surface area contributed by atoms with Crippen molar-refractivity contribution in [2.45, 2.75) is 19.9 Å². The van der Waals surface area contributed by atoms with Gasteiger partial charge in [0.15, 0.2) is 0 Å². The SMILES string of the molecule is Cc1nccn1CCC(=O)Nc1ccc(N)cc1Cl. The van der Waals surface area contributed by atoms with Crippen LogP contribution in [0.5, 0.6) is 0 Å². The highest BCUT2D eigenvalue weighted by Gasteiger charge is 2.07. The zero-order chi connectivity index (χ0) is 13.8. The van der Waals surface area contributed by atoms with E-state index in [0.717, 1.165) is 5.82 Å². The summed E-state index contributed by atoms with van der Waals surface area (Å²) < 4.78 is 1.92. The van der Waals surface area contributed by atoms with Crippen LogP contribution in [-0.2, 0) is 11.3 Å². The van der Waals surface area contributed by atoms with E-state index in [-0.39, 0.29) is 5.91 Å². The van der Waals surface area contributed by atoms with Gasteiger partial charge in [0.25, 0.3) is 0 Å². The number of benzene rings is 1. The minimum atomic E-state index is -0.0974. The summed E-state index contributed by atoms with van der Waals surface area (Å²) in [5.41, 5.74) is 6.73. The Bertz CT molecular complexity index is 594. The van der Waals surface area contributed by atoms with Crippen molar-refractivity contribution in [3.63, 3.8) is 0 Å². The van der Waals surface area contributed by atoms with Crippen molar-refractivity contribution >= 4 is 28.9 Å². The van der Waals surface area contributed by atoms with E-state index in [4.69, 9.17) is 17.3 Å². The molecule has 1 aromatic heterocycles. The Balaban J connectivity index is 1.93. The highest BCUT2D eigenvalue weighted by molar-refractivity contribution is 6.34. The summed E-state index contributed by atoms with van der Waals surface area (Å²) in [7, 11) is 0. The van der Waals surface area contributed by atoms with Gasteiger partial charge in [-0.25, -0.2) is 4.98 Å². The van der Waals surface area contributed by atoms with Crippen molar-refractivity contribution in [2.24, 2.45) is 0 Å². The Morgan fingerprint density at radius 3 is 2.95 bits per heavy atom. The molecule has 2 aromatic rings. The van der Waals surface area contributed by atoms with Crippen LogP contribution in [0, 0.1) is 6.92 Å². The maximum atomic E-state index is 11.8. The number of nitrogens with one attached hydrogen (secondary N) is 1. The van der Waals surface area contributed by atoms with E-state index < -0.39 is 0 Å². The van der Waals surface area contributed by atoms with Crippen molar-refractivity contribution in [1.29, 1.82) is 0 Å². The molecule has 0 bridgehead atoms. The average molecular weight is 279 g/mol. The summed E-state index contributed by atoms with van der Waals surface area (Å²) in [6, 6.07) is 5.00. The lowest BCUT2D eigenvalue weighted by Gasteiger charge is -2.08. The van der Waals surface area contributed by atoms with Crippen LogP contribution in [0.25, 0.3) is 0 Å². The molecular formula is C13H15ClN4O. The third-order valence-electron chi connectivity index (χ3n) is 2.77. The van der Waals surface area contributed by atoms with E-state index in [1.54, 1.807) is 24.4 Å². The minimum absolute atomic E-state index is 0.0974. The molecule has 3 N–H and O–H groups in total. The summed E-state index contributed by atoms with van der Waals surface area (Å²) in [5, 5.41) is 3.20. The molecule has 0 saturated carbocycles. The van der Waals surface area contributed by atoms with Gasteiger partial charge in [0.2, 0.25) is 5.91 Å². The topological polar surface area (TPSA) is 72.9 Å². The van der Waals surface area contributed by atoms with Gasteiger partial charge in [-0.1, -0.05) is 11.6 Å². The van der Waals surface area contributed by atoms with Gasteiger partial charge in [-0.3, -0.25) is 4.79 Å². The summed E-state index contributed by atoms with van der Waals surface area (Å²) in [6.07, 6.45) is 3.92. The number of hydrogen-bond donors (Lipinski definition) is 2. The van der Waals surface area contributed by atoms with Gasteiger partial charge in [-0.15, -0.1) is 0 Å². The predicted octanol–water partition coefficient (Wildman–Crippen LogP) is 2.46. The van der Waals surface area contributed by atoms with Crippen LogP contribution in [0.15, 0.2) is 30.6 Å². The van der Waals surface area contributed by atoms with E-state index in [9.17, 15) is 4.79 Å². The second-order valence-electron chi connectivity index (χ2n) is 4.21. The number of imidazole rings is 1. The molecule has 0 aliphatic carbocycles. The minimum Gasteiger partial charge on any atom is -0.399 e. The van der Waals surface area contributed by atoms with Crippen LogP contribution in [0.1, 0.15) is 12.2 Å². The molecule has 0 aliphatic rings. The molecule has 0 unspecified atom stereocenters. The van der Waals surface area contributed by atoms with E-state index in [1.165, 1.54) is 0 Å². The second-order valence-corrected chi connectivity index (χ2v) is 4.61. The number of hydrogen-bond acceptors (Lipinski definition) is 3. The lowest BCUT2D eigenvalue weighted by molar-refractivity contribution is -0.116. The van der Waals surface area contributed by atoms with Gasteiger partial charge in [0, 0.05) is 31.0 Å². The fourth-order valence-corrected chi connectivity index (χ4v) is 1.94. The maximum absolute atomic E-state index is 11.8. The second kappa shape index (κ2) is 5.75. The summed E-state index contributed by atoms with van der Waals surface area (Å²) in [4.78, 5) is 15.9. The van der Waals surface area contributed by atoms with Gasteiger partial charge in [-0.05, 0) is 25.1 Å². The monoisotopic (exact) mass is 278 g/mol. The van der Waals surface area contributed by atoms with Crippen molar-refractivity contribution in [3.05, 3.63) is 41.4 Å². The molecule has 100 valence electrons. The van der Waals surface area contributed by atoms with E-state index in [0.29, 0.717) is 29.4 Å². The molecule has 0 aliphatic heterocycles. The van der Waals surface area contributed by atoms with Gasteiger partial charge in [0.1, 0.15) is 5.82 Å². The van der Waals surface area contributed by atoms with Crippen LogP contribution in [0.4, 0.5) is 11.4 Å². The molecule has 19 heavy (non-hydrogen) atoms. The van der Waals surface area contributed by atoms with E-state index in [2.05, 4.69) is 10.3 Å². The number of rotatable bonds is 4. The van der Waals surface area contributed by atoms with Crippen molar-refractivity contribution in [2.75, 3.05) is 11.1 Å². The summed E-state index contributed by atoms with van der Waals surface area (Å²) in [5.74, 6) is 0.790. The fraction of sp³-hybridized carbons (Fsp3) is 0.231. The van der Waals surface area contributed by atoms with Gasteiger partial charge in [-0.2, -0.15) is 0 Å². The van der Waals surface area contributed by atoms with Crippen LogP contribution in [-0.4, -0.2) is 15.5 Å². The molecule has 1 amide bonds. The number of halogens is 1. The number of nitrogen functional groups attached to an aromatic ring is 1. The van der Waals surface area contributed by atoms with Gasteiger partial charge in [0.05, 0.1) is 10.7 Å². The Kier molecular flexibility index (Phi) is 4.06. The standard InChI is InChI=1S/C13H15ClN4O/c1-9-16-5-7-18(9)6-4-13(19)17-12-3-2-10(15)8-11(12)14/h2-3,5,7-8H,4,6,15H2,1H3,(H,17,19). The average Bonchev–Trinajstić information content (AvgIpc) is 2.76. The van der Waals surface area contributed by atoms with Crippen LogP contribution < -0.4 is 11.1 Å². The van der Waals surface area contributed by atoms with E-state index in [1.807, 2.05) is 17.7 Å². The highest BCUT2D eigenvalue weighted by atomic mass is 35.5. The number of nitrogens with two attached hydrogens (primary N) is 1. The molecular weight excluding hydrogens is 264 g/mol. The van der Waals surface area contributed by atoms with E-state index >= 15 is 0 Å². The van der Waals surface area contributed by atoms with Crippen LogP contribution in [0.3, 0.4) is 0 Å². The Morgan fingerprint density at radius 1 is 1.53 bits per heavy atom. The van der Waals surface area contributed by atoms with Crippen molar-refractivity contribution in [1.82, 2.24) is 9.55 Å². The number of amides is 1. The largest absolute Gasteiger partial charge is 0.399 e. The lowest BCUT2D eigenvalue weighted by Crippen LogP contribution is -2.15. The molecule has 6 heteroatoms. The maximum Gasteiger partial charge on any atom is 0.226 e. The number of carbonyl (C=O) groups is 1. The molecule has 1 heterocycles. The molecule has 2 rings (SSSR count). The molecule has 0 atom stereocenters. The number of anilines is 2. The number of carbonyl (C=O) groups excluding carboxylic acids is 1. The Morgan fingerprint density at radius 2 is 2.32 bits per heavy atom. The molecule has 0 spiro atoms. The van der Waals surface area contributed by atoms with Crippen LogP contribution >= 0.6 is 11.6 Å². The zero-order valence-electron chi connectivity index (χ0n) is 10.6. The first-order valence-electron chi connectivity index (χ1n) is 5.89. The normalized spacial score (nSPS) is 10.4. The first kappa shape index (κ1) is 13.4. The fourth-order valence-electron chi connectivity index (χ4n) is 1.71. The molecule has 0 fully saturated rings. The van der Waals surface area contributed by atoms with Crippen molar-refractivity contribution in [3.8, 4) is 0 Å². The third kappa shape index (κ3) is 3.48. The molecule has 0 saturated heterocycles.